The predicted molar refractivity (Wildman–Crippen MR) is 133 cm³/mol. The first-order valence-electron chi connectivity index (χ1n) is 11.3. The van der Waals surface area contributed by atoms with Gasteiger partial charge in [0.2, 0.25) is 0 Å². The van der Waals surface area contributed by atoms with E-state index in [0.29, 0.717) is 17.9 Å². The van der Waals surface area contributed by atoms with Gasteiger partial charge in [-0.2, -0.15) is 0 Å². The number of ether oxygens (including phenoxy) is 2. The lowest BCUT2D eigenvalue weighted by molar-refractivity contribution is 0.0938. The van der Waals surface area contributed by atoms with Crippen LogP contribution in [-0.4, -0.2) is 19.1 Å². The predicted octanol–water partition coefficient (Wildman–Crippen LogP) is 6.18. The molecule has 0 spiro atoms. The number of benzene rings is 4. The van der Waals surface area contributed by atoms with Gasteiger partial charge in [0.15, 0.2) is 0 Å². The van der Waals surface area contributed by atoms with Gasteiger partial charge >= 0.3 is 0 Å². The van der Waals surface area contributed by atoms with Crippen molar-refractivity contribution in [3.63, 3.8) is 0 Å². The summed E-state index contributed by atoms with van der Waals surface area (Å²) in [5.74, 6) is 1.38. The third-order valence-corrected chi connectivity index (χ3v) is 5.74. The number of hydrogen-bond acceptors (Lipinski definition) is 3. The van der Waals surface area contributed by atoms with Crippen molar-refractivity contribution >= 4 is 16.7 Å². The molecule has 0 radical (unpaired) electrons. The lowest BCUT2D eigenvalue weighted by Crippen LogP contribution is -2.33. The number of aryl methyl sites for hydroxylation is 1. The van der Waals surface area contributed by atoms with Crippen molar-refractivity contribution < 1.29 is 14.3 Å². The van der Waals surface area contributed by atoms with Gasteiger partial charge in [-0.25, -0.2) is 0 Å². The van der Waals surface area contributed by atoms with E-state index in [9.17, 15) is 4.79 Å². The minimum Gasteiger partial charge on any atom is -0.496 e. The van der Waals surface area contributed by atoms with Crippen molar-refractivity contribution in [1.29, 1.82) is 0 Å². The molecule has 4 nitrogen and oxygen atoms in total. The number of rotatable bonds is 9. The van der Waals surface area contributed by atoms with Crippen LogP contribution in [-0.2, 0) is 13.0 Å². The first kappa shape index (κ1) is 22.4. The van der Waals surface area contributed by atoms with Crippen molar-refractivity contribution in [1.82, 2.24) is 5.32 Å². The quantitative estimate of drug-likeness (QED) is 0.339. The Morgan fingerprint density at radius 3 is 2.42 bits per heavy atom. The molecule has 33 heavy (non-hydrogen) atoms. The van der Waals surface area contributed by atoms with Crippen LogP contribution in [0.4, 0.5) is 0 Å². The number of methoxy groups -OCH3 is 1. The molecule has 0 aliphatic carbocycles. The van der Waals surface area contributed by atoms with Crippen molar-refractivity contribution in [2.45, 2.75) is 32.4 Å². The fourth-order valence-corrected chi connectivity index (χ4v) is 3.86. The standard InChI is InChI=1S/C29H29NO3/c1-21(12-13-22-8-4-3-5-9-22)30-29(31)25-15-17-28(32-2)26(18-25)20-33-27-16-14-23-10-6-7-11-24(23)19-27/h3-11,14-19,21H,12-13,20H2,1-2H3,(H,30,31)/t21-/m0/s1. The van der Waals surface area contributed by atoms with Crippen LogP contribution >= 0.6 is 0 Å². The summed E-state index contributed by atoms with van der Waals surface area (Å²) < 4.78 is 11.5. The summed E-state index contributed by atoms with van der Waals surface area (Å²) in [7, 11) is 1.63. The maximum atomic E-state index is 12.8. The SMILES string of the molecule is COc1ccc(C(=O)N[C@@H](C)CCc2ccccc2)cc1COc1ccc2ccccc2c1. The van der Waals surface area contributed by atoms with E-state index in [4.69, 9.17) is 9.47 Å². The highest BCUT2D eigenvalue weighted by molar-refractivity contribution is 5.94. The molecule has 4 heteroatoms. The second kappa shape index (κ2) is 10.7. The van der Waals surface area contributed by atoms with E-state index >= 15 is 0 Å². The highest BCUT2D eigenvalue weighted by Crippen LogP contribution is 2.25. The van der Waals surface area contributed by atoms with Crippen LogP contribution in [0.25, 0.3) is 10.8 Å². The molecule has 0 saturated carbocycles. The van der Waals surface area contributed by atoms with Crippen molar-refractivity contribution in [3.8, 4) is 11.5 Å². The molecule has 1 N–H and O–H groups in total. The van der Waals surface area contributed by atoms with Crippen LogP contribution in [0.2, 0.25) is 0 Å². The van der Waals surface area contributed by atoms with E-state index in [1.807, 2.05) is 67.6 Å². The highest BCUT2D eigenvalue weighted by atomic mass is 16.5. The van der Waals surface area contributed by atoms with Gasteiger partial charge < -0.3 is 14.8 Å². The third kappa shape index (κ3) is 5.92. The van der Waals surface area contributed by atoms with E-state index in [0.717, 1.165) is 29.5 Å². The molecule has 1 atom stereocenters. The van der Waals surface area contributed by atoms with Gasteiger partial charge in [0.05, 0.1) is 7.11 Å². The summed E-state index contributed by atoms with van der Waals surface area (Å²) in [4.78, 5) is 12.8. The van der Waals surface area contributed by atoms with Gasteiger partial charge in [0.25, 0.3) is 5.91 Å². The molecule has 0 heterocycles. The lowest BCUT2D eigenvalue weighted by Gasteiger charge is -2.16. The molecule has 0 unspecified atom stereocenters. The fraction of sp³-hybridized carbons (Fsp3) is 0.207. The van der Waals surface area contributed by atoms with Crippen LogP contribution in [0.3, 0.4) is 0 Å². The Bertz CT molecular complexity index is 1220. The van der Waals surface area contributed by atoms with Crippen molar-refractivity contribution in [3.05, 3.63) is 108 Å². The van der Waals surface area contributed by atoms with E-state index in [1.165, 1.54) is 10.9 Å². The van der Waals surface area contributed by atoms with E-state index in [1.54, 1.807) is 13.2 Å². The molecular weight excluding hydrogens is 410 g/mol. The van der Waals surface area contributed by atoms with Crippen LogP contribution < -0.4 is 14.8 Å². The van der Waals surface area contributed by atoms with Gasteiger partial charge in [0.1, 0.15) is 18.1 Å². The Morgan fingerprint density at radius 1 is 0.879 bits per heavy atom. The maximum Gasteiger partial charge on any atom is 0.251 e. The number of fused-ring (bicyclic) bond motifs is 1. The number of hydrogen-bond donors (Lipinski definition) is 1. The molecule has 0 saturated heterocycles. The minimum atomic E-state index is -0.0924. The monoisotopic (exact) mass is 439 g/mol. The summed E-state index contributed by atoms with van der Waals surface area (Å²) in [6, 6.07) is 30.0. The first-order chi connectivity index (χ1) is 16.1. The second-order valence-electron chi connectivity index (χ2n) is 8.22. The van der Waals surface area contributed by atoms with Gasteiger partial charge in [-0.15, -0.1) is 0 Å². The third-order valence-electron chi connectivity index (χ3n) is 5.74. The number of nitrogens with one attached hydrogen (secondary N) is 1. The van der Waals surface area contributed by atoms with Gasteiger partial charge in [0, 0.05) is 17.2 Å². The number of amides is 1. The highest BCUT2D eigenvalue weighted by Gasteiger charge is 2.13. The van der Waals surface area contributed by atoms with Crippen molar-refractivity contribution in [2.24, 2.45) is 0 Å². The Labute approximate surface area is 195 Å². The Balaban J connectivity index is 1.40. The smallest absolute Gasteiger partial charge is 0.251 e. The summed E-state index contributed by atoms with van der Waals surface area (Å²) in [6.45, 7) is 2.35. The van der Waals surface area contributed by atoms with Gasteiger partial charge in [-0.05, 0) is 66.4 Å². The Kier molecular flexibility index (Phi) is 7.26. The zero-order valence-corrected chi connectivity index (χ0v) is 19.1. The number of carbonyl (C=O) groups excluding carboxylic acids is 1. The average Bonchev–Trinajstić information content (AvgIpc) is 2.86. The zero-order valence-electron chi connectivity index (χ0n) is 19.1. The average molecular weight is 440 g/mol. The van der Waals surface area contributed by atoms with E-state index in [-0.39, 0.29) is 11.9 Å². The molecule has 4 aromatic carbocycles. The van der Waals surface area contributed by atoms with Crippen LogP contribution in [0.1, 0.15) is 34.8 Å². The molecule has 4 rings (SSSR count). The molecule has 0 fully saturated rings. The molecular formula is C29H29NO3. The summed E-state index contributed by atoms with van der Waals surface area (Å²) in [5.41, 5.74) is 2.70. The van der Waals surface area contributed by atoms with Crippen LogP contribution in [0, 0.1) is 0 Å². The second-order valence-corrected chi connectivity index (χ2v) is 8.22. The molecule has 0 aliphatic rings. The summed E-state index contributed by atoms with van der Waals surface area (Å²) in [5, 5.41) is 5.40. The minimum absolute atomic E-state index is 0.0668. The number of carbonyl (C=O) groups is 1. The lowest BCUT2D eigenvalue weighted by atomic mass is 10.1. The summed E-state index contributed by atoms with van der Waals surface area (Å²) in [6.07, 6.45) is 1.81. The molecule has 0 aliphatic heterocycles. The summed E-state index contributed by atoms with van der Waals surface area (Å²) >= 11 is 0. The molecule has 4 aromatic rings. The van der Waals surface area contributed by atoms with Gasteiger partial charge in [-0.3, -0.25) is 4.79 Å². The molecule has 0 bridgehead atoms. The Hall–Kier alpha value is -3.79. The van der Waals surface area contributed by atoms with Crippen molar-refractivity contribution in [2.75, 3.05) is 7.11 Å². The van der Waals surface area contributed by atoms with E-state index in [2.05, 4.69) is 29.6 Å². The molecule has 0 aromatic heterocycles. The topological polar surface area (TPSA) is 47.6 Å². The zero-order chi connectivity index (χ0) is 23.0. The Morgan fingerprint density at radius 2 is 1.64 bits per heavy atom. The van der Waals surface area contributed by atoms with Crippen LogP contribution in [0.15, 0.2) is 91.0 Å². The largest absolute Gasteiger partial charge is 0.496 e. The van der Waals surface area contributed by atoms with Crippen LogP contribution in [0.5, 0.6) is 11.5 Å². The fourth-order valence-electron chi connectivity index (χ4n) is 3.86. The maximum absolute atomic E-state index is 12.8. The molecule has 1 amide bonds. The first-order valence-corrected chi connectivity index (χ1v) is 11.3. The molecule has 168 valence electrons. The van der Waals surface area contributed by atoms with E-state index < -0.39 is 0 Å². The van der Waals surface area contributed by atoms with Gasteiger partial charge in [-0.1, -0.05) is 60.7 Å². The normalized spacial score (nSPS) is 11.7.